The number of carbonyl (C=O) groups excluding carboxylic acids is 1. The highest BCUT2D eigenvalue weighted by molar-refractivity contribution is 5.76. The van der Waals surface area contributed by atoms with Crippen molar-refractivity contribution < 1.29 is 4.79 Å². The van der Waals surface area contributed by atoms with Crippen LogP contribution in [0.25, 0.3) is 5.82 Å². The van der Waals surface area contributed by atoms with Gasteiger partial charge < -0.3 is 10.2 Å². The molecule has 1 aliphatic heterocycles. The Morgan fingerprint density at radius 3 is 2.48 bits per heavy atom. The molecule has 0 unspecified atom stereocenters. The molecule has 0 bridgehead atoms. The van der Waals surface area contributed by atoms with E-state index in [0.717, 1.165) is 37.3 Å². The molecule has 0 aromatic carbocycles. The third kappa shape index (κ3) is 4.55. The number of aromatic nitrogens is 4. The topological polar surface area (TPSA) is 75.9 Å². The molecular weight excluding hydrogens is 316 g/mol. The van der Waals surface area contributed by atoms with Crippen molar-refractivity contribution >= 4 is 11.7 Å². The highest BCUT2D eigenvalue weighted by Crippen LogP contribution is 2.12. The van der Waals surface area contributed by atoms with Gasteiger partial charge in [-0.3, -0.25) is 4.79 Å². The van der Waals surface area contributed by atoms with Crippen molar-refractivity contribution in [3.63, 3.8) is 0 Å². The van der Waals surface area contributed by atoms with Gasteiger partial charge in [0.25, 0.3) is 0 Å². The summed E-state index contributed by atoms with van der Waals surface area (Å²) in [6.07, 6.45) is 5.20. The van der Waals surface area contributed by atoms with Crippen molar-refractivity contribution in [3.05, 3.63) is 29.6 Å². The fourth-order valence-electron chi connectivity index (χ4n) is 3.17. The molecule has 0 radical (unpaired) electrons. The molecule has 1 fully saturated rings. The second kappa shape index (κ2) is 8.09. The molecule has 1 saturated heterocycles. The average Bonchev–Trinajstić information content (AvgIpc) is 2.80. The fraction of sp³-hybridized carbons (Fsp3) is 0.556. The zero-order valence-electron chi connectivity index (χ0n) is 15.0. The first kappa shape index (κ1) is 17.4. The molecule has 7 heteroatoms. The van der Waals surface area contributed by atoms with E-state index in [1.807, 2.05) is 36.9 Å². The van der Waals surface area contributed by atoms with E-state index in [-0.39, 0.29) is 5.91 Å². The SMILES string of the molecule is Cc1cc(C)n(-c2ccc(NCCC(=O)N3CCCCCC3)nn2)n1. The summed E-state index contributed by atoms with van der Waals surface area (Å²) in [6.45, 7) is 6.31. The lowest BCUT2D eigenvalue weighted by molar-refractivity contribution is -0.130. The Hall–Kier alpha value is -2.44. The first-order valence-corrected chi connectivity index (χ1v) is 9.02. The van der Waals surface area contributed by atoms with Crippen molar-refractivity contribution in [1.29, 1.82) is 0 Å². The standard InChI is InChI=1S/C18H26N6O/c1-14-13-15(2)24(22-14)17-8-7-16(20-21-17)19-10-9-18(25)23-11-5-3-4-6-12-23/h7-8,13H,3-6,9-12H2,1-2H3,(H,19,20). The van der Waals surface area contributed by atoms with Crippen LogP contribution in [0.1, 0.15) is 43.5 Å². The van der Waals surface area contributed by atoms with Crippen LogP contribution in [0.15, 0.2) is 18.2 Å². The van der Waals surface area contributed by atoms with Crippen LogP contribution < -0.4 is 5.32 Å². The maximum absolute atomic E-state index is 12.3. The first-order chi connectivity index (χ1) is 12.1. The number of rotatable bonds is 5. The van der Waals surface area contributed by atoms with Gasteiger partial charge in [0.05, 0.1) is 5.69 Å². The van der Waals surface area contributed by atoms with Gasteiger partial charge in [-0.2, -0.15) is 5.10 Å². The van der Waals surface area contributed by atoms with Crippen LogP contribution in [0, 0.1) is 13.8 Å². The number of anilines is 1. The Bertz CT molecular complexity index is 701. The summed E-state index contributed by atoms with van der Waals surface area (Å²) in [5, 5.41) is 16.0. The zero-order valence-corrected chi connectivity index (χ0v) is 15.0. The first-order valence-electron chi connectivity index (χ1n) is 9.02. The number of carbonyl (C=O) groups is 1. The minimum Gasteiger partial charge on any atom is -0.368 e. The Kier molecular flexibility index (Phi) is 5.63. The molecule has 0 aliphatic carbocycles. The third-order valence-electron chi connectivity index (χ3n) is 4.48. The Balaban J connectivity index is 1.50. The molecule has 1 amide bonds. The van der Waals surface area contributed by atoms with Gasteiger partial charge in [0.15, 0.2) is 5.82 Å². The van der Waals surface area contributed by atoms with Gasteiger partial charge in [-0.15, -0.1) is 10.2 Å². The smallest absolute Gasteiger partial charge is 0.224 e. The van der Waals surface area contributed by atoms with Crippen LogP contribution >= 0.6 is 0 Å². The van der Waals surface area contributed by atoms with Crippen LogP contribution in [0.4, 0.5) is 5.82 Å². The molecule has 1 N–H and O–H groups in total. The summed E-state index contributed by atoms with van der Waals surface area (Å²) in [5.74, 6) is 1.59. The molecule has 7 nitrogen and oxygen atoms in total. The number of aryl methyl sites for hydroxylation is 2. The second-order valence-electron chi connectivity index (χ2n) is 6.59. The number of nitrogens with zero attached hydrogens (tertiary/aromatic N) is 5. The largest absolute Gasteiger partial charge is 0.368 e. The fourth-order valence-corrected chi connectivity index (χ4v) is 3.17. The predicted octanol–water partition coefficient (Wildman–Crippen LogP) is 2.48. The molecule has 0 atom stereocenters. The summed E-state index contributed by atoms with van der Waals surface area (Å²) >= 11 is 0. The molecule has 25 heavy (non-hydrogen) atoms. The highest BCUT2D eigenvalue weighted by Gasteiger charge is 2.15. The van der Waals surface area contributed by atoms with Gasteiger partial charge in [-0.25, -0.2) is 4.68 Å². The van der Waals surface area contributed by atoms with Gasteiger partial charge in [-0.05, 0) is 44.9 Å². The van der Waals surface area contributed by atoms with Crippen molar-refractivity contribution in [1.82, 2.24) is 24.9 Å². The Labute approximate surface area is 148 Å². The average molecular weight is 342 g/mol. The van der Waals surface area contributed by atoms with E-state index in [1.165, 1.54) is 12.8 Å². The minimum atomic E-state index is 0.224. The molecular formula is C18H26N6O. The molecule has 0 saturated carbocycles. The van der Waals surface area contributed by atoms with Crippen LogP contribution in [0.2, 0.25) is 0 Å². The Morgan fingerprint density at radius 1 is 1.12 bits per heavy atom. The quantitative estimate of drug-likeness (QED) is 0.903. The molecule has 1 aliphatic rings. The number of hydrogen-bond acceptors (Lipinski definition) is 5. The van der Waals surface area contributed by atoms with E-state index in [2.05, 4.69) is 20.6 Å². The van der Waals surface area contributed by atoms with E-state index in [9.17, 15) is 4.79 Å². The molecule has 3 rings (SSSR count). The van der Waals surface area contributed by atoms with Crippen LogP contribution in [0.3, 0.4) is 0 Å². The normalized spacial score (nSPS) is 15.0. The molecule has 3 heterocycles. The van der Waals surface area contributed by atoms with E-state index >= 15 is 0 Å². The van der Waals surface area contributed by atoms with E-state index in [4.69, 9.17) is 0 Å². The third-order valence-corrected chi connectivity index (χ3v) is 4.48. The second-order valence-corrected chi connectivity index (χ2v) is 6.59. The minimum absolute atomic E-state index is 0.224. The van der Waals surface area contributed by atoms with Gasteiger partial charge >= 0.3 is 0 Å². The lowest BCUT2D eigenvalue weighted by Crippen LogP contribution is -2.32. The highest BCUT2D eigenvalue weighted by atomic mass is 16.2. The number of likely N-dealkylation sites (tertiary alicyclic amines) is 1. The van der Waals surface area contributed by atoms with E-state index in [1.54, 1.807) is 4.68 Å². The van der Waals surface area contributed by atoms with Gasteiger partial charge in [0, 0.05) is 31.7 Å². The monoisotopic (exact) mass is 342 g/mol. The van der Waals surface area contributed by atoms with Crippen molar-refractivity contribution in [2.75, 3.05) is 25.0 Å². The van der Waals surface area contributed by atoms with Gasteiger partial charge in [-0.1, -0.05) is 12.8 Å². The number of amides is 1. The number of nitrogens with one attached hydrogen (secondary N) is 1. The molecule has 0 spiro atoms. The van der Waals surface area contributed by atoms with Crippen LogP contribution in [0.5, 0.6) is 0 Å². The molecule has 134 valence electrons. The lowest BCUT2D eigenvalue weighted by atomic mass is 10.2. The van der Waals surface area contributed by atoms with E-state index in [0.29, 0.717) is 24.6 Å². The van der Waals surface area contributed by atoms with Gasteiger partial charge in [0.2, 0.25) is 5.91 Å². The summed E-state index contributed by atoms with van der Waals surface area (Å²) in [4.78, 5) is 14.3. The van der Waals surface area contributed by atoms with Gasteiger partial charge in [0.1, 0.15) is 5.82 Å². The van der Waals surface area contributed by atoms with Crippen LogP contribution in [-0.4, -0.2) is 50.4 Å². The van der Waals surface area contributed by atoms with Crippen molar-refractivity contribution in [2.45, 2.75) is 46.0 Å². The summed E-state index contributed by atoms with van der Waals surface area (Å²) < 4.78 is 1.77. The summed E-state index contributed by atoms with van der Waals surface area (Å²) in [7, 11) is 0. The van der Waals surface area contributed by atoms with E-state index < -0.39 is 0 Å². The molecule has 2 aromatic rings. The summed E-state index contributed by atoms with van der Waals surface area (Å²) in [6, 6.07) is 5.75. The predicted molar refractivity (Wildman–Crippen MR) is 96.8 cm³/mol. The maximum Gasteiger partial charge on any atom is 0.224 e. The van der Waals surface area contributed by atoms with Crippen molar-refractivity contribution in [3.8, 4) is 5.82 Å². The van der Waals surface area contributed by atoms with Crippen molar-refractivity contribution in [2.24, 2.45) is 0 Å². The molecule has 2 aromatic heterocycles. The zero-order chi connectivity index (χ0) is 17.6. The lowest BCUT2D eigenvalue weighted by Gasteiger charge is -2.20. The Morgan fingerprint density at radius 2 is 1.88 bits per heavy atom. The summed E-state index contributed by atoms with van der Waals surface area (Å²) in [5.41, 5.74) is 1.98. The van der Waals surface area contributed by atoms with Crippen LogP contribution in [-0.2, 0) is 4.79 Å². The number of hydrogen-bond donors (Lipinski definition) is 1. The maximum atomic E-state index is 12.3.